The van der Waals surface area contributed by atoms with Crippen LogP contribution in [0.5, 0.6) is 17.4 Å². The summed E-state index contributed by atoms with van der Waals surface area (Å²) >= 11 is 0. The lowest BCUT2D eigenvalue weighted by Crippen LogP contribution is -2.50. The molecule has 57 heavy (non-hydrogen) atoms. The number of phenolic OH excluding ortho intramolecular Hbond substituents is 1. The largest absolute Gasteiger partial charge is 0.506 e. The standard InChI is InChI=1S/C52H41N3O2/c1-52(2)33-39-22-12-13-26-42(39)48-50(52)55(51(54-48)38-24-14-25-41(30-38)57-46-29-28-37-23-15-27-45(56)47(37)53-46)49-43(35-18-8-4-9-19-35)31-40(34-16-6-3-7-17-34)32-44(49)36-20-10-5-11-21-36/h3-32,48,50,56H,33H2,1-2H3/t48-,50-/m0/s1. The summed E-state index contributed by atoms with van der Waals surface area (Å²) in [5.74, 6) is 2.06. The second-order valence-corrected chi connectivity index (χ2v) is 15.7. The van der Waals surface area contributed by atoms with Crippen LogP contribution in [0.2, 0.25) is 0 Å². The fourth-order valence-electron chi connectivity index (χ4n) is 8.95. The molecule has 0 amide bonds. The molecule has 0 spiro atoms. The second-order valence-electron chi connectivity index (χ2n) is 15.7. The zero-order valence-electron chi connectivity index (χ0n) is 31.9. The van der Waals surface area contributed by atoms with Gasteiger partial charge in [-0.3, -0.25) is 4.99 Å². The molecule has 1 aliphatic heterocycles. The van der Waals surface area contributed by atoms with E-state index >= 15 is 0 Å². The topological polar surface area (TPSA) is 58.0 Å². The van der Waals surface area contributed by atoms with Crippen molar-refractivity contribution in [3.63, 3.8) is 0 Å². The Hall–Kier alpha value is -6.98. The summed E-state index contributed by atoms with van der Waals surface area (Å²) in [7, 11) is 0. The van der Waals surface area contributed by atoms with E-state index in [0.29, 0.717) is 17.1 Å². The summed E-state index contributed by atoms with van der Waals surface area (Å²) in [6.45, 7) is 4.80. The molecule has 1 aromatic heterocycles. The molecule has 0 fully saturated rings. The van der Waals surface area contributed by atoms with E-state index in [-0.39, 0.29) is 23.2 Å². The minimum Gasteiger partial charge on any atom is -0.506 e. The Morgan fingerprint density at radius 3 is 1.91 bits per heavy atom. The molecule has 5 heteroatoms. The number of ether oxygens (including phenoxy) is 1. The molecule has 0 bridgehead atoms. The molecule has 10 rings (SSSR count). The van der Waals surface area contributed by atoms with E-state index in [1.165, 1.54) is 16.7 Å². The first-order chi connectivity index (χ1) is 27.9. The van der Waals surface area contributed by atoms with E-state index in [0.717, 1.165) is 56.7 Å². The number of aliphatic imine (C=N–C) groups is 1. The molecule has 8 aromatic rings. The van der Waals surface area contributed by atoms with E-state index in [2.05, 4.69) is 163 Å². The monoisotopic (exact) mass is 739 g/mol. The summed E-state index contributed by atoms with van der Waals surface area (Å²) in [4.78, 5) is 13.0. The maximum atomic E-state index is 10.6. The molecule has 1 aliphatic carbocycles. The van der Waals surface area contributed by atoms with Gasteiger partial charge in [0.1, 0.15) is 22.9 Å². The first-order valence-electron chi connectivity index (χ1n) is 19.6. The maximum Gasteiger partial charge on any atom is 0.219 e. The molecule has 0 radical (unpaired) electrons. The third kappa shape index (κ3) is 6.22. The number of nitrogens with zero attached hydrogens (tertiary/aromatic N) is 3. The van der Waals surface area contributed by atoms with Crippen molar-refractivity contribution in [3.05, 3.63) is 199 Å². The molecule has 2 aliphatic rings. The van der Waals surface area contributed by atoms with Crippen LogP contribution in [0.3, 0.4) is 0 Å². The highest BCUT2D eigenvalue weighted by Crippen LogP contribution is 2.54. The lowest BCUT2D eigenvalue weighted by Gasteiger charge is -2.46. The second kappa shape index (κ2) is 13.9. The van der Waals surface area contributed by atoms with Crippen LogP contribution in [0.25, 0.3) is 44.3 Å². The summed E-state index contributed by atoms with van der Waals surface area (Å²) in [6.07, 6.45) is 0.927. The van der Waals surface area contributed by atoms with Crippen LogP contribution in [0.4, 0.5) is 5.69 Å². The Kier molecular flexibility index (Phi) is 8.44. The van der Waals surface area contributed by atoms with Gasteiger partial charge >= 0.3 is 0 Å². The van der Waals surface area contributed by atoms with E-state index < -0.39 is 0 Å². The Labute approximate surface area is 333 Å². The lowest BCUT2D eigenvalue weighted by atomic mass is 9.68. The van der Waals surface area contributed by atoms with Crippen LogP contribution < -0.4 is 9.64 Å². The van der Waals surface area contributed by atoms with Gasteiger partial charge in [0, 0.05) is 28.1 Å². The number of phenols is 1. The van der Waals surface area contributed by atoms with E-state index in [1.54, 1.807) is 6.07 Å². The normalized spacial score (nSPS) is 16.8. The third-order valence-electron chi connectivity index (χ3n) is 11.5. The van der Waals surface area contributed by atoms with Crippen molar-refractivity contribution in [1.82, 2.24) is 4.98 Å². The van der Waals surface area contributed by atoms with Crippen molar-refractivity contribution in [2.24, 2.45) is 10.4 Å². The molecular formula is C52H41N3O2. The fourth-order valence-corrected chi connectivity index (χ4v) is 8.95. The molecule has 276 valence electrons. The third-order valence-corrected chi connectivity index (χ3v) is 11.5. The summed E-state index contributed by atoms with van der Waals surface area (Å²) in [5, 5.41) is 11.4. The fraction of sp³-hybridized carbons (Fsp3) is 0.115. The summed E-state index contributed by atoms with van der Waals surface area (Å²) in [6, 6.07) is 63.0. The van der Waals surface area contributed by atoms with Crippen LogP contribution in [0.1, 0.15) is 36.6 Å². The van der Waals surface area contributed by atoms with Crippen molar-refractivity contribution in [2.45, 2.75) is 32.4 Å². The molecule has 2 heterocycles. The minimum absolute atomic E-state index is 0.00426. The van der Waals surface area contributed by atoms with Gasteiger partial charge in [-0.25, -0.2) is 4.98 Å². The number of anilines is 1. The summed E-state index contributed by atoms with van der Waals surface area (Å²) < 4.78 is 6.45. The van der Waals surface area contributed by atoms with Gasteiger partial charge in [0.15, 0.2) is 0 Å². The number of pyridine rings is 1. The molecular weight excluding hydrogens is 699 g/mol. The van der Waals surface area contributed by atoms with Gasteiger partial charge < -0.3 is 14.7 Å². The minimum atomic E-state index is -0.157. The van der Waals surface area contributed by atoms with E-state index in [4.69, 9.17) is 9.73 Å². The summed E-state index contributed by atoms with van der Waals surface area (Å²) in [5.41, 5.74) is 11.9. The molecule has 5 nitrogen and oxygen atoms in total. The lowest BCUT2D eigenvalue weighted by molar-refractivity contribution is 0.245. The van der Waals surface area contributed by atoms with E-state index in [9.17, 15) is 5.11 Å². The number of fused-ring (bicyclic) bond motifs is 4. The van der Waals surface area contributed by atoms with Crippen LogP contribution in [0, 0.1) is 5.41 Å². The van der Waals surface area contributed by atoms with Gasteiger partial charge in [-0.1, -0.05) is 153 Å². The molecule has 2 atom stereocenters. The number of hydrogen-bond acceptors (Lipinski definition) is 5. The van der Waals surface area contributed by atoms with Crippen molar-refractivity contribution < 1.29 is 9.84 Å². The van der Waals surface area contributed by atoms with Gasteiger partial charge in [-0.05, 0) is 81.6 Å². The number of aromatic hydroxyl groups is 1. The quantitative estimate of drug-likeness (QED) is 0.177. The number of amidine groups is 1. The number of para-hydroxylation sites is 1. The van der Waals surface area contributed by atoms with Crippen LogP contribution in [-0.4, -0.2) is 22.0 Å². The van der Waals surface area contributed by atoms with Gasteiger partial charge in [0.2, 0.25) is 5.88 Å². The average molecular weight is 740 g/mol. The van der Waals surface area contributed by atoms with Gasteiger partial charge in [0.05, 0.1) is 17.8 Å². The number of benzene rings is 7. The predicted molar refractivity (Wildman–Crippen MR) is 232 cm³/mol. The smallest absolute Gasteiger partial charge is 0.219 e. The van der Waals surface area contributed by atoms with Crippen molar-refractivity contribution in [2.75, 3.05) is 4.90 Å². The molecule has 0 saturated carbocycles. The van der Waals surface area contributed by atoms with Crippen molar-refractivity contribution in [3.8, 4) is 50.8 Å². The average Bonchev–Trinajstić information content (AvgIpc) is 3.67. The van der Waals surface area contributed by atoms with Crippen LogP contribution in [-0.2, 0) is 6.42 Å². The van der Waals surface area contributed by atoms with Gasteiger partial charge in [-0.15, -0.1) is 0 Å². The SMILES string of the molecule is CC1(C)Cc2ccccc2[C@@H]2N=C(c3cccc(Oc4ccc5cccc(O)c5n4)c3)N(c3c(-c4ccccc4)cc(-c4ccccc4)cc3-c3ccccc3)[C@@H]21. The van der Waals surface area contributed by atoms with Gasteiger partial charge in [0.25, 0.3) is 0 Å². The van der Waals surface area contributed by atoms with E-state index in [1.807, 2.05) is 36.4 Å². The predicted octanol–water partition coefficient (Wildman–Crippen LogP) is 12.7. The number of rotatable bonds is 7. The molecule has 0 unspecified atom stereocenters. The highest BCUT2D eigenvalue weighted by atomic mass is 16.5. The number of aromatic nitrogens is 1. The molecule has 7 aromatic carbocycles. The Bertz CT molecular complexity index is 2740. The first-order valence-corrected chi connectivity index (χ1v) is 19.6. The zero-order chi connectivity index (χ0) is 38.5. The maximum absolute atomic E-state index is 10.6. The number of hydrogen-bond donors (Lipinski definition) is 1. The molecule has 1 N–H and O–H groups in total. The Morgan fingerprint density at radius 1 is 0.596 bits per heavy atom. The van der Waals surface area contributed by atoms with Crippen LogP contribution >= 0.6 is 0 Å². The Balaban J connectivity index is 1.21. The zero-order valence-corrected chi connectivity index (χ0v) is 31.9. The van der Waals surface area contributed by atoms with Crippen LogP contribution in [0.15, 0.2) is 187 Å². The first kappa shape index (κ1) is 34.5. The highest BCUT2D eigenvalue weighted by molar-refractivity contribution is 6.16. The van der Waals surface area contributed by atoms with Crippen molar-refractivity contribution >= 4 is 22.4 Å². The van der Waals surface area contributed by atoms with Crippen molar-refractivity contribution in [1.29, 1.82) is 0 Å². The van der Waals surface area contributed by atoms with Gasteiger partial charge in [-0.2, -0.15) is 0 Å². The molecule has 0 saturated heterocycles. The highest BCUT2D eigenvalue weighted by Gasteiger charge is 2.51. The Morgan fingerprint density at radius 2 is 1.21 bits per heavy atom.